The van der Waals surface area contributed by atoms with E-state index in [1.165, 1.54) is 0 Å². The molecule has 0 spiro atoms. The summed E-state index contributed by atoms with van der Waals surface area (Å²) in [6, 6.07) is 6.99. The van der Waals surface area contributed by atoms with Gasteiger partial charge >= 0.3 is 0 Å². The minimum Gasteiger partial charge on any atom is -0.356 e. The molecule has 0 aliphatic carbocycles. The lowest BCUT2D eigenvalue weighted by Gasteiger charge is -2.30. The average molecular weight is 473 g/mol. The van der Waals surface area contributed by atoms with Crippen molar-refractivity contribution in [1.29, 1.82) is 0 Å². The maximum absolute atomic E-state index is 4.29. The van der Waals surface area contributed by atoms with E-state index in [2.05, 4.69) is 58.4 Å². The Morgan fingerprint density at radius 1 is 1.12 bits per heavy atom. The maximum atomic E-state index is 4.29. The summed E-state index contributed by atoms with van der Waals surface area (Å²) in [7, 11) is 1.80. The second-order valence-corrected chi connectivity index (χ2v) is 6.65. The second kappa shape index (κ2) is 11.3. The van der Waals surface area contributed by atoms with Gasteiger partial charge in [-0.25, -0.2) is 0 Å². The Morgan fingerprint density at radius 3 is 2.46 bits per heavy atom. The number of nitrogens with one attached hydrogen (secondary N) is 2. The number of nitrogens with zero attached hydrogens (tertiary/aromatic N) is 5. The number of hydrogen-bond donors (Lipinski definition) is 2. The van der Waals surface area contributed by atoms with Crippen LogP contribution in [0.15, 0.2) is 29.4 Å². The fraction of sp³-hybridized carbons (Fsp3) is 0.611. The number of guanidine groups is 1. The van der Waals surface area contributed by atoms with E-state index in [4.69, 9.17) is 0 Å². The van der Waals surface area contributed by atoms with E-state index in [9.17, 15) is 0 Å². The van der Waals surface area contributed by atoms with Gasteiger partial charge in [-0.2, -0.15) is 0 Å². The summed E-state index contributed by atoms with van der Waals surface area (Å²) in [5.41, 5.74) is 0.877. The van der Waals surface area contributed by atoms with Gasteiger partial charge in [-0.1, -0.05) is 6.07 Å². The summed E-state index contributed by atoms with van der Waals surface area (Å²) in [5.74, 6) is 1.77. The lowest BCUT2D eigenvalue weighted by Crippen LogP contribution is -2.45. The van der Waals surface area contributed by atoms with Crippen molar-refractivity contribution in [2.24, 2.45) is 4.99 Å². The van der Waals surface area contributed by atoms with E-state index in [-0.39, 0.29) is 24.0 Å². The summed E-state index contributed by atoms with van der Waals surface area (Å²) < 4.78 is 2.01. The van der Waals surface area contributed by atoms with Gasteiger partial charge in [0.25, 0.3) is 0 Å². The number of fused-ring (bicyclic) bond motifs is 1. The first kappa shape index (κ1) is 22.6. The van der Waals surface area contributed by atoms with Crippen molar-refractivity contribution >= 4 is 35.6 Å². The van der Waals surface area contributed by atoms with Crippen LogP contribution in [0.5, 0.6) is 0 Å². The van der Waals surface area contributed by atoms with E-state index < -0.39 is 0 Å². The molecule has 0 unspecified atom stereocenters. The summed E-state index contributed by atoms with van der Waals surface area (Å²) in [4.78, 5) is 6.75. The van der Waals surface area contributed by atoms with E-state index in [0.717, 1.165) is 43.5 Å². The number of hydrogen-bond acceptors (Lipinski definition) is 4. The molecule has 2 aromatic rings. The highest BCUT2D eigenvalue weighted by atomic mass is 127. The number of pyridine rings is 1. The summed E-state index contributed by atoms with van der Waals surface area (Å²) in [5, 5.41) is 15.1. The van der Waals surface area contributed by atoms with Crippen LogP contribution < -0.4 is 10.6 Å². The van der Waals surface area contributed by atoms with Crippen LogP contribution in [0, 0.1) is 0 Å². The molecule has 0 amide bonds. The molecule has 0 saturated heterocycles. The largest absolute Gasteiger partial charge is 0.356 e. The Kier molecular flexibility index (Phi) is 9.85. The molecule has 0 atom stereocenters. The highest BCUT2D eigenvalue weighted by Crippen LogP contribution is 2.04. The van der Waals surface area contributed by atoms with E-state index >= 15 is 0 Å². The van der Waals surface area contributed by atoms with Gasteiger partial charge in [0.2, 0.25) is 0 Å². The molecule has 0 aliphatic rings. The van der Waals surface area contributed by atoms with Crippen molar-refractivity contribution in [2.45, 2.75) is 46.2 Å². The molecule has 2 heterocycles. The van der Waals surface area contributed by atoms with Crippen LogP contribution in [0.1, 0.15) is 33.5 Å². The molecule has 7 nitrogen and oxygen atoms in total. The molecule has 0 radical (unpaired) electrons. The molecule has 0 aromatic carbocycles. The predicted molar refractivity (Wildman–Crippen MR) is 118 cm³/mol. The van der Waals surface area contributed by atoms with Gasteiger partial charge < -0.3 is 10.6 Å². The number of aliphatic imine (C=N–C) groups is 1. The molecular formula is C18H32IN7. The Labute approximate surface area is 173 Å². The number of halogens is 1. The van der Waals surface area contributed by atoms with Crippen molar-refractivity contribution in [3.8, 4) is 0 Å². The Balaban J connectivity index is 0.00000338. The minimum absolute atomic E-state index is 0. The molecule has 0 saturated carbocycles. The molecule has 2 rings (SSSR count). The van der Waals surface area contributed by atoms with Crippen molar-refractivity contribution in [1.82, 2.24) is 30.1 Å². The van der Waals surface area contributed by atoms with Crippen molar-refractivity contribution in [2.75, 3.05) is 26.7 Å². The third-order valence-corrected chi connectivity index (χ3v) is 4.24. The van der Waals surface area contributed by atoms with Crippen LogP contribution in [-0.2, 0) is 6.42 Å². The first-order chi connectivity index (χ1) is 12.0. The zero-order chi connectivity index (χ0) is 18.2. The highest BCUT2D eigenvalue weighted by Gasteiger charge is 2.12. The third-order valence-electron chi connectivity index (χ3n) is 4.24. The Bertz CT molecular complexity index is 673. The molecule has 146 valence electrons. The van der Waals surface area contributed by atoms with Crippen molar-refractivity contribution in [3.05, 3.63) is 30.2 Å². The Hall–Kier alpha value is -1.42. The van der Waals surface area contributed by atoms with Gasteiger partial charge in [-0.05, 0) is 39.8 Å². The molecule has 0 aliphatic heterocycles. The zero-order valence-electron chi connectivity index (χ0n) is 16.4. The summed E-state index contributed by atoms with van der Waals surface area (Å²) >= 11 is 0. The Morgan fingerprint density at radius 2 is 1.81 bits per heavy atom. The fourth-order valence-corrected chi connectivity index (χ4v) is 2.99. The summed E-state index contributed by atoms with van der Waals surface area (Å²) in [6.07, 6.45) is 2.78. The van der Waals surface area contributed by atoms with Gasteiger partial charge in [-0.3, -0.25) is 14.3 Å². The quantitative estimate of drug-likeness (QED) is 0.350. The highest BCUT2D eigenvalue weighted by molar-refractivity contribution is 14.0. The van der Waals surface area contributed by atoms with Crippen LogP contribution >= 0.6 is 24.0 Å². The standard InChI is InChI=1S/C18H31N7.HI/c1-14(2)24(15(3)4)13-11-21-18(19-5)20-10-9-17-23-22-16-8-6-7-12-25(16)17;/h6-8,12,14-15H,9-11,13H2,1-5H3,(H2,19,20,21);1H. The lowest BCUT2D eigenvalue weighted by atomic mass is 10.2. The predicted octanol–water partition coefficient (Wildman–Crippen LogP) is 2.17. The summed E-state index contributed by atoms with van der Waals surface area (Å²) in [6.45, 7) is 11.5. The van der Waals surface area contributed by atoms with Crippen molar-refractivity contribution in [3.63, 3.8) is 0 Å². The molecule has 26 heavy (non-hydrogen) atoms. The number of aromatic nitrogens is 3. The van der Waals surface area contributed by atoms with Crippen LogP contribution in [0.2, 0.25) is 0 Å². The van der Waals surface area contributed by atoms with Gasteiger partial charge in [0.15, 0.2) is 11.6 Å². The molecule has 8 heteroatoms. The van der Waals surface area contributed by atoms with Crippen LogP contribution in [0.3, 0.4) is 0 Å². The second-order valence-electron chi connectivity index (χ2n) is 6.65. The number of rotatable bonds is 8. The molecular weight excluding hydrogens is 441 g/mol. The SMILES string of the molecule is CN=C(NCCc1nnc2ccccn12)NCCN(C(C)C)C(C)C.I. The first-order valence-electron chi connectivity index (χ1n) is 9.01. The van der Waals surface area contributed by atoms with Gasteiger partial charge in [0.1, 0.15) is 5.82 Å². The normalized spacial score (nSPS) is 12.1. The fourth-order valence-electron chi connectivity index (χ4n) is 2.99. The van der Waals surface area contributed by atoms with Gasteiger partial charge in [0.05, 0.1) is 0 Å². The topological polar surface area (TPSA) is 69.8 Å². The van der Waals surface area contributed by atoms with Gasteiger partial charge in [-0.15, -0.1) is 34.2 Å². The van der Waals surface area contributed by atoms with Crippen LogP contribution in [0.4, 0.5) is 0 Å². The van der Waals surface area contributed by atoms with E-state index in [0.29, 0.717) is 12.1 Å². The van der Waals surface area contributed by atoms with Gasteiger partial charge in [0, 0.05) is 51.4 Å². The monoisotopic (exact) mass is 473 g/mol. The minimum atomic E-state index is 0. The first-order valence-corrected chi connectivity index (χ1v) is 9.01. The maximum Gasteiger partial charge on any atom is 0.191 e. The van der Waals surface area contributed by atoms with Crippen molar-refractivity contribution < 1.29 is 0 Å². The smallest absolute Gasteiger partial charge is 0.191 e. The average Bonchev–Trinajstić information content (AvgIpc) is 2.99. The zero-order valence-corrected chi connectivity index (χ0v) is 18.8. The van der Waals surface area contributed by atoms with Crippen LogP contribution in [0.25, 0.3) is 5.65 Å². The molecule has 2 aromatic heterocycles. The van der Waals surface area contributed by atoms with Crippen LogP contribution in [-0.4, -0.2) is 64.2 Å². The lowest BCUT2D eigenvalue weighted by molar-refractivity contribution is 0.178. The third kappa shape index (κ3) is 6.39. The molecule has 0 bridgehead atoms. The molecule has 0 fully saturated rings. The van der Waals surface area contributed by atoms with E-state index in [1.54, 1.807) is 7.05 Å². The van der Waals surface area contributed by atoms with E-state index in [1.807, 2.05) is 28.8 Å². The molecule has 2 N–H and O–H groups in total.